The average Bonchev–Trinajstić information content (AvgIpc) is 2.71. The van der Waals surface area contributed by atoms with Crippen molar-refractivity contribution in [2.75, 3.05) is 17.3 Å². The smallest absolute Gasteiger partial charge is 0.349 e. The van der Waals surface area contributed by atoms with Crippen molar-refractivity contribution < 1.29 is 48.7 Å². The van der Waals surface area contributed by atoms with Crippen molar-refractivity contribution in [3.05, 3.63) is 62.5 Å². The molecule has 36 heavy (non-hydrogen) atoms. The maximum absolute atomic E-state index is 14.4. The van der Waals surface area contributed by atoms with Gasteiger partial charge in [-0.15, -0.1) is 0 Å². The summed E-state index contributed by atoms with van der Waals surface area (Å²) in [6, 6.07) is 3.79. The second-order valence-electron chi connectivity index (χ2n) is 7.79. The van der Waals surface area contributed by atoms with E-state index in [2.05, 4.69) is 5.32 Å². The van der Waals surface area contributed by atoms with Crippen molar-refractivity contribution in [2.24, 2.45) is 0 Å². The number of carbonyl (C=O) groups excluding carboxylic acids is 2. The van der Waals surface area contributed by atoms with Crippen LogP contribution in [0.5, 0.6) is 0 Å². The molecule has 0 heterocycles. The lowest BCUT2D eigenvalue weighted by atomic mass is 9.95. The van der Waals surface area contributed by atoms with Gasteiger partial charge in [0.2, 0.25) is 0 Å². The normalized spacial score (nSPS) is 14.8. The molecule has 0 fully saturated rings. The van der Waals surface area contributed by atoms with E-state index in [1.165, 1.54) is 25.1 Å². The van der Waals surface area contributed by atoms with Crippen molar-refractivity contribution in [1.82, 2.24) is 5.32 Å². The number of hydrogen-bond donors (Lipinski definition) is 2. The van der Waals surface area contributed by atoms with Gasteiger partial charge >= 0.3 is 6.18 Å². The fourth-order valence-electron chi connectivity index (χ4n) is 3.18. The van der Waals surface area contributed by atoms with Crippen LogP contribution in [0.4, 0.5) is 36.4 Å². The second-order valence-corrected chi connectivity index (χ2v) is 11.1. The van der Waals surface area contributed by atoms with E-state index in [1.54, 1.807) is 22.6 Å². The maximum atomic E-state index is 14.4. The number of hydrogen-bond acceptors (Lipinski definition) is 4. The van der Waals surface area contributed by atoms with E-state index in [-0.39, 0.29) is 26.8 Å². The molecule has 198 valence electrons. The molecule has 6 nitrogen and oxygen atoms in total. The molecule has 2 aromatic rings. The van der Waals surface area contributed by atoms with Gasteiger partial charge in [0, 0.05) is 21.4 Å². The summed E-state index contributed by atoms with van der Waals surface area (Å²) >= 11 is 1.72. The molecule has 0 saturated carbocycles. The Bertz CT molecular complexity index is 1270. The predicted octanol–water partition coefficient (Wildman–Crippen LogP) is 4.84. The Morgan fingerprint density at radius 1 is 1.06 bits per heavy atom. The summed E-state index contributed by atoms with van der Waals surface area (Å²) in [5.41, 5.74) is -8.12. The zero-order valence-corrected chi connectivity index (χ0v) is 21.4. The molecule has 0 bridgehead atoms. The van der Waals surface area contributed by atoms with E-state index in [0.717, 1.165) is 6.26 Å². The summed E-state index contributed by atoms with van der Waals surface area (Å²) in [7, 11) is -3.44. The fraction of sp³-hybridized carbons (Fsp3) is 0.333. The van der Waals surface area contributed by atoms with Crippen LogP contribution in [0, 0.1) is 9.39 Å². The summed E-state index contributed by atoms with van der Waals surface area (Å²) in [5, 5.41) is 4.42. The molecule has 2 rings (SSSR count). The van der Waals surface area contributed by atoms with Gasteiger partial charge in [0.1, 0.15) is 15.7 Å². The number of amides is 2. The van der Waals surface area contributed by atoms with Gasteiger partial charge in [-0.25, -0.2) is 26.0 Å². The molecule has 0 aliphatic carbocycles. The van der Waals surface area contributed by atoms with E-state index in [1.807, 2.05) is 5.32 Å². The molecule has 0 saturated heterocycles. The van der Waals surface area contributed by atoms with Crippen LogP contribution in [0.25, 0.3) is 0 Å². The molecule has 2 atom stereocenters. The number of anilines is 1. The van der Waals surface area contributed by atoms with Gasteiger partial charge in [-0.1, -0.05) is 12.1 Å². The Morgan fingerprint density at radius 3 is 2.17 bits per heavy atom. The number of benzene rings is 2. The van der Waals surface area contributed by atoms with Gasteiger partial charge in [-0.2, -0.15) is 13.2 Å². The molecule has 2 aromatic carbocycles. The molecule has 1 unspecified atom stereocenters. The van der Waals surface area contributed by atoms with Crippen molar-refractivity contribution in [1.29, 1.82) is 0 Å². The van der Waals surface area contributed by atoms with Crippen LogP contribution in [-0.4, -0.2) is 50.9 Å². The second kappa shape index (κ2) is 10.9. The average molecular weight is 654 g/mol. The first kappa shape index (κ1) is 29.8. The zero-order valence-electron chi connectivity index (χ0n) is 18.4. The largest absolute Gasteiger partial charge is 0.432 e. The first-order chi connectivity index (χ1) is 16.4. The fourth-order valence-corrected chi connectivity index (χ4v) is 4.92. The van der Waals surface area contributed by atoms with Crippen LogP contribution in [0.3, 0.4) is 0 Å². The van der Waals surface area contributed by atoms with Crippen molar-refractivity contribution in [2.45, 2.75) is 31.2 Å². The van der Waals surface area contributed by atoms with Crippen molar-refractivity contribution in [3.8, 4) is 0 Å². The highest BCUT2D eigenvalue weighted by atomic mass is 127. The predicted molar refractivity (Wildman–Crippen MR) is 125 cm³/mol. The molecule has 2 N–H and O–H groups in total. The number of alkyl halides is 6. The minimum atomic E-state index is -6.05. The summed E-state index contributed by atoms with van der Waals surface area (Å²) in [5.74, 6) is -3.96. The summed E-state index contributed by atoms with van der Waals surface area (Å²) in [6.45, 7) is 1.41. The molecule has 0 aliphatic rings. The van der Waals surface area contributed by atoms with Crippen LogP contribution >= 0.6 is 22.6 Å². The highest BCUT2D eigenvalue weighted by molar-refractivity contribution is 14.1. The lowest BCUT2D eigenvalue weighted by Crippen LogP contribution is -2.44. The maximum Gasteiger partial charge on any atom is 0.432 e. The van der Waals surface area contributed by atoms with Crippen LogP contribution in [0.2, 0.25) is 0 Å². The van der Waals surface area contributed by atoms with Crippen molar-refractivity contribution >= 4 is 49.9 Å². The molecule has 15 heteroatoms. The lowest BCUT2D eigenvalue weighted by molar-refractivity contribution is -0.274. The van der Waals surface area contributed by atoms with Gasteiger partial charge in [0.15, 0.2) is 0 Å². The molecule has 0 radical (unpaired) electrons. The molecule has 0 spiro atoms. The van der Waals surface area contributed by atoms with Gasteiger partial charge in [-0.3, -0.25) is 9.59 Å². The number of sulfone groups is 1. The topological polar surface area (TPSA) is 92.3 Å². The third kappa shape index (κ3) is 6.66. The first-order valence-corrected chi connectivity index (χ1v) is 12.9. The van der Waals surface area contributed by atoms with Gasteiger partial charge < -0.3 is 10.6 Å². The minimum absolute atomic E-state index is 0.107. The number of nitrogens with one attached hydrogen (secondary N) is 2. The number of carbonyl (C=O) groups is 2. The lowest BCUT2D eigenvalue weighted by Gasteiger charge is -2.27. The number of rotatable bonds is 8. The van der Waals surface area contributed by atoms with Crippen LogP contribution < -0.4 is 10.6 Å². The van der Waals surface area contributed by atoms with Gasteiger partial charge in [0.25, 0.3) is 23.9 Å². The quantitative estimate of drug-likeness (QED) is 0.315. The zero-order chi connectivity index (χ0) is 27.6. The van der Waals surface area contributed by atoms with Crippen LogP contribution in [0.1, 0.15) is 33.2 Å². The molecular weight excluding hydrogens is 636 g/mol. The van der Waals surface area contributed by atoms with Gasteiger partial charge in [-0.05, 0) is 53.8 Å². The molecule has 0 aliphatic heterocycles. The van der Waals surface area contributed by atoms with E-state index in [9.17, 15) is 48.7 Å². The minimum Gasteiger partial charge on any atom is -0.349 e. The Kier molecular flexibility index (Phi) is 9.02. The summed E-state index contributed by atoms with van der Waals surface area (Å²) < 4.78 is 116. The van der Waals surface area contributed by atoms with Crippen LogP contribution in [-0.2, 0) is 15.5 Å². The SMILES string of the molecule is C[C@@H](CS(C)(=O)=O)NC(=O)c1c(I)cccc1C(=O)Nc1ccc(C(F)(C(F)F)C(F)(F)F)cc1F. The molecule has 2 amide bonds. The Balaban J connectivity index is 2.37. The third-order valence-corrected chi connectivity index (χ3v) is 6.77. The highest BCUT2D eigenvalue weighted by Gasteiger charge is 2.64. The Hall–Kier alpha value is -2.43. The van der Waals surface area contributed by atoms with E-state index < -0.39 is 68.8 Å². The third-order valence-electron chi connectivity index (χ3n) is 4.77. The van der Waals surface area contributed by atoms with E-state index in [0.29, 0.717) is 6.07 Å². The monoisotopic (exact) mass is 654 g/mol. The Morgan fingerprint density at radius 2 is 1.67 bits per heavy atom. The standard InChI is InChI=1S/C21H18F7IN2O4S/c1-10(9-36(2,34)35)30-18(33)16-12(4-3-5-14(16)29)17(32)31-15-7-6-11(8-13(15)22)20(25,19(23)24)21(26,27)28/h3-8,10,19H,9H2,1-2H3,(H,30,33)(H,31,32)/t10-,20?/m0/s1. The Labute approximate surface area is 214 Å². The van der Waals surface area contributed by atoms with E-state index in [4.69, 9.17) is 0 Å². The van der Waals surface area contributed by atoms with Crippen LogP contribution in [0.15, 0.2) is 36.4 Å². The van der Waals surface area contributed by atoms with Gasteiger partial charge in [0.05, 0.1) is 22.6 Å². The summed E-state index contributed by atoms with van der Waals surface area (Å²) in [6.07, 6.45) is -9.63. The molecular formula is C21H18F7IN2O4S. The van der Waals surface area contributed by atoms with Crippen molar-refractivity contribution in [3.63, 3.8) is 0 Å². The first-order valence-electron chi connectivity index (χ1n) is 9.80. The van der Waals surface area contributed by atoms with E-state index >= 15 is 0 Å². The highest BCUT2D eigenvalue weighted by Crippen LogP contribution is 2.47. The molecule has 0 aromatic heterocycles. The number of halogens is 8. The summed E-state index contributed by atoms with van der Waals surface area (Å²) in [4.78, 5) is 25.5.